The van der Waals surface area contributed by atoms with Crippen LogP contribution in [0.2, 0.25) is 0 Å². The Labute approximate surface area is 172 Å². The number of hydrogen-bond acceptors (Lipinski definition) is 2. The largest absolute Gasteiger partial charge is 0.454 e. The molecule has 3 aromatic carbocycles. The maximum atomic E-state index is 13.5. The van der Waals surface area contributed by atoms with E-state index in [4.69, 9.17) is 0 Å². The maximum absolute atomic E-state index is 13.5. The summed E-state index contributed by atoms with van der Waals surface area (Å²) >= 11 is 0. The molecular weight excluding hydrogens is 424 g/mol. The van der Waals surface area contributed by atoms with Crippen LogP contribution in [-0.4, -0.2) is 17.9 Å². The molecule has 3 rings (SSSR count). The molecule has 0 bridgehead atoms. The summed E-state index contributed by atoms with van der Waals surface area (Å²) in [4.78, 5) is 24.3. The Kier molecular flexibility index (Phi) is 5.88. The second-order valence-corrected chi connectivity index (χ2v) is 6.45. The van der Waals surface area contributed by atoms with E-state index < -0.39 is 35.2 Å². The van der Waals surface area contributed by atoms with Gasteiger partial charge in [0, 0.05) is 22.4 Å². The van der Waals surface area contributed by atoms with Crippen LogP contribution in [0.25, 0.3) is 11.1 Å². The van der Waals surface area contributed by atoms with Crippen molar-refractivity contribution in [2.45, 2.75) is 12.4 Å². The van der Waals surface area contributed by atoms with Crippen LogP contribution in [0, 0.1) is 0 Å². The summed E-state index contributed by atoms with van der Waals surface area (Å²) in [5, 5.41) is 2.32. The van der Waals surface area contributed by atoms with Crippen molar-refractivity contribution in [3.63, 3.8) is 0 Å². The average molecular weight is 437 g/mol. The number of Topliss-reactive ketones (excluding diaryl/α,β-unsaturated/α-hetero) is 1. The van der Waals surface area contributed by atoms with E-state index in [1.54, 1.807) is 24.3 Å². The van der Waals surface area contributed by atoms with Crippen molar-refractivity contribution < 1.29 is 35.9 Å². The van der Waals surface area contributed by atoms with Gasteiger partial charge in [-0.15, -0.1) is 0 Å². The first-order valence-corrected chi connectivity index (χ1v) is 8.77. The second kappa shape index (κ2) is 8.25. The lowest BCUT2D eigenvalue weighted by Crippen LogP contribution is -2.26. The highest BCUT2D eigenvalue weighted by atomic mass is 19.4. The van der Waals surface area contributed by atoms with Crippen molar-refractivity contribution in [2.75, 3.05) is 5.32 Å². The van der Waals surface area contributed by atoms with Gasteiger partial charge in [0.2, 0.25) is 0 Å². The zero-order valence-corrected chi connectivity index (χ0v) is 15.5. The smallest absolute Gasteiger partial charge is 0.321 e. The summed E-state index contributed by atoms with van der Waals surface area (Å²) in [5.41, 5.74) is -3.54. The third-order valence-electron chi connectivity index (χ3n) is 4.33. The molecule has 31 heavy (non-hydrogen) atoms. The van der Waals surface area contributed by atoms with Gasteiger partial charge >= 0.3 is 12.4 Å². The fourth-order valence-corrected chi connectivity index (χ4v) is 2.92. The first-order valence-electron chi connectivity index (χ1n) is 8.77. The lowest BCUT2D eigenvalue weighted by Gasteiger charge is -2.19. The van der Waals surface area contributed by atoms with E-state index in [-0.39, 0.29) is 22.4 Å². The van der Waals surface area contributed by atoms with Gasteiger partial charge in [0.1, 0.15) is 0 Å². The molecule has 1 N–H and O–H groups in total. The van der Waals surface area contributed by atoms with Gasteiger partial charge in [0.05, 0.1) is 5.56 Å². The number of halogens is 6. The fourth-order valence-electron chi connectivity index (χ4n) is 2.92. The molecule has 0 saturated heterocycles. The molecule has 160 valence electrons. The number of rotatable bonds is 4. The summed E-state index contributed by atoms with van der Waals surface area (Å²) in [6.07, 6.45) is -10.8. The predicted molar refractivity (Wildman–Crippen MR) is 102 cm³/mol. The highest BCUT2D eigenvalue weighted by Crippen LogP contribution is 2.41. The lowest BCUT2D eigenvalue weighted by molar-refractivity contribution is -0.138. The number of amides is 1. The van der Waals surface area contributed by atoms with Crippen LogP contribution in [0.1, 0.15) is 26.3 Å². The van der Waals surface area contributed by atoms with Crippen molar-refractivity contribution in [3.05, 3.63) is 89.5 Å². The number of hydrogen-bond donors (Lipinski definition) is 1. The molecule has 0 fully saturated rings. The van der Waals surface area contributed by atoms with Gasteiger partial charge < -0.3 is 5.32 Å². The molecule has 3 nitrogen and oxygen atoms in total. The van der Waals surface area contributed by atoms with Crippen LogP contribution in [-0.2, 0) is 6.18 Å². The molecule has 0 aliphatic rings. The Morgan fingerprint density at radius 3 is 1.81 bits per heavy atom. The van der Waals surface area contributed by atoms with Gasteiger partial charge in [0.25, 0.3) is 11.7 Å². The number of benzene rings is 3. The summed E-state index contributed by atoms with van der Waals surface area (Å²) < 4.78 is 79.6. The zero-order valence-electron chi connectivity index (χ0n) is 15.5. The van der Waals surface area contributed by atoms with Crippen molar-refractivity contribution in [3.8, 4) is 11.1 Å². The highest BCUT2D eigenvalue weighted by Gasteiger charge is 2.45. The Morgan fingerprint density at radius 1 is 0.742 bits per heavy atom. The van der Waals surface area contributed by atoms with E-state index in [0.717, 1.165) is 0 Å². The van der Waals surface area contributed by atoms with E-state index in [2.05, 4.69) is 5.32 Å². The molecule has 0 radical (unpaired) electrons. The minimum Gasteiger partial charge on any atom is -0.321 e. The van der Waals surface area contributed by atoms with Gasteiger partial charge in [0.15, 0.2) is 0 Å². The van der Waals surface area contributed by atoms with Crippen molar-refractivity contribution >= 4 is 17.4 Å². The molecule has 0 heterocycles. The molecule has 0 saturated carbocycles. The number of carbonyl (C=O) groups is 2. The van der Waals surface area contributed by atoms with Gasteiger partial charge in [-0.1, -0.05) is 48.5 Å². The van der Waals surface area contributed by atoms with Gasteiger partial charge in [-0.25, -0.2) is 0 Å². The average Bonchev–Trinajstić information content (AvgIpc) is 2.72. The van der Waals surface area contributed by atoms with Crippen molar-refractivity contribution in [1.82, 2.24) is 0 Å². The zero-order chi connectivity index (χ0) is 22.8. The van der Waals surface area contributed by atoms with E-state index in [1.165, 1.54) is 36.4 Å². The molecular formula is C22H13F6NO2. The number of anilines is 1. The van der Waals surface area contributed by atoms with Crippen LogP contribution in [0.4, 0.5) is 32.0 Å². The Morgan fingerprint density at radius 2 is 1.29 bits per heavy atom. The van der Waals surface area contributed by atoms with Crippen LogP contribution in [0.3, 0.4) is 0 Å². The monoisotopic (exact) mass is 437 g/mol. The van der Waals surface area contributed by atoms with Gasteiger partial charge in [-0.2, -0.15) is 26.3 Å². The van der Waals surface area contributed by atoms with E-state index in [1.807, 2.05) is 0 Å². The molecule has 3 aromatic rings. The summed E-state index contributed by atoms with van der Waals surface area (Å²) in [7, 11) is 0. The minimum atomic E-state index is -5.53. The third kappa shape index (κ3) is 4.93. The second-order valence-electron chi connectivity index (χ2n) is 6.45. The summed E-state index contributed by atoms with van der Waals surface area (Å²) in [6.45, 7) is 0. The van der Waals surface area contributed by atoms with Crippen LogP contribution in [0.15, 0.2) is 72.8 Å². The molecule has 0 spiro atoms. The van der Waals surface area contributed by atoms with Crippen LogP contribution in [0.5, 0.6) is 0 Å². The van der Waals surface area contributed by atoms with E-state index >= 15 is 0 Å². The SMILES string of the molecule is O=C(Nc1cc(C(=O)C(F)(F)F)c(C(F)(F)F)cc1-c1ccccc1)c1ccccc1. The minimum absolute atomic E-state index is 0.130. The summed E-state index contributed by atoms with van der Waals surface area (Å²) in [6, 6.07) is 15.9. The fraction of sp³-hybridized carbons (Fsp3) is 0.0909. The molecule has 0 aromatic heterocycles. The number of nitrogens with one attached hydrogen (secondary N) is 1. The Balaban J connectivity index is 2.23. The first kappa shape index (κ1) is 22.1. The normalized spacial score (nSPS) is 11.8. The maximum Gasteiger partial charge on any atom is 0.454 e. The lowest BCUT2D eigenvalue weighted by atomic mass is 9.94. The first-order chi connectivity index (χ1) is 14.5. The topological polar surface area (TPSA) is 46.2 Å². The van der Waals surface area contributed by atoms with Gasteiger partial charge in [-0.05, 0) is 29.8 Å². The number of ketones is 1. The van der Waals surface area contributed by atoms with E-state index in [9.17, 15) is 35.9 Å². The Hall–Kier alpha value is -3.62. The Bertz CT molecular complexity index is 1110. The quantitative estimate of drug-likeness (QED) is 0.381. The number of alkyl halides is 6. The molecule has 0 aliphatic carbocycles. The molecule has 0 unspecified atom stereocenters. The predicted octanol–water partition coefficient (Wildman–Crippen LogP) is 6.37. The van der Waals surface area contributed by atoms with E-state index in [0.29, 0.717) is 12.1 Å². The van der Waals surface area contributed by atoms with Crippen molar-refractivity contribution in [2.24, 2.45) is 0 Å². The van der Waals surface area contributed by atoms with Crippen LogP contribution >= 0.6 is 0 Å². The molecule has 0 aliphatic heterocycles. The van der Waals surface area contributed by atoms with Gasteiger partial charge in [-0.3, -0.25) is 9.59 Å². The molecule has 0 atom stereocenters. The summed E-state index contributed by atoms with van der Waals surface area (Å²) in [5.74, 6) is -3.42. The standard InChI is InChI=1S/C22H13F6NO2/c23-21(24,25)17-11-15(13-7-3-1-4-8-13)18(12-16(17)19(30)22(26,27)28)29-20(31)14-9-5-2-6-10-14/h1-12H,(H,29,31). The molecule has 1 amide bonds. The third-order valence-corrected chi connectivity index (χ3v) is 4.33. The van der Waals surface area contributed by atoms with Crippen LogP contribution < -0.4 is 5.32 Å². The highest BCUT2D eigenvalue weighted by molar-refractivity contribution is 6.09. The van der Waals surface area contributed by atoms with Crippen molar-refractivity contribution in [1.29, 1.82) is 0 Å². The molecule has 9 heteroatoms. The number of carbonyl (C=O) groups excluding carboxylic acids is 2.